The Bertz CT molecular complexity index is 719. The summed E-state index contributed by atoms with van der Waals surface area (Å²) < 4.78 is 11.9. The van der Waals surface area contributed by atoms with Gasteiger partial charge in [-0.15, -0.1) is 0 Å². The Hall–Kier alpha value is -1.91. The summed E-state index contributed by atoms with van der Waals surface area (Å²) in [5.41, 5.74) is 3.38. The molecule has 3 nitrogen and oxygen atoms in total. The van der Waals surface area contributed by atoms with Crippen LogP contribution in [0.2, 0.25) is 0 Å². The molecule has 1 aliphatic rings. The molecule has 0 bridgehead atoms. The van der Waals surface area contributed by atoms with Crippen molar-refractivity contribution < 1.29 is 9.47 Å². The quantitative estimate of drug-likeness (QED) is 0.760. The predicted molar refractivity (Wildman–Crippen MR) is 105 cm³/mol. The molecule has 0 radical (unpaired) electrons. The van der Waals surface area contributed by atoms with Gasteiger partial charge in [0.1, 0.15) is 17.3 Å². The van der Waals surface area contributed by atoms with Gasteiger partial charge in [-0.3, -0.25) is 0 Å². The fraction of sp³-hybridized carbons (Fsp3) is 0.381. The first-order chi connectivity index (χ1) is 12.0. The topological polar surface area (TPSA) is 21.7 Å². The van der Waals surface area contributed by atoms with Crippen LogP contribution >= 0.6 is 12.2 Å². The van der Waals surface area contributed by atoms with E-state index in [0.29, 0.717) is 6.61 Å². The van der Waals surface area contributed by atoms with E-state index in [9.17, 15) is 0 Å². The van der Waals surface area contributed by atoms with E-state index >= 15 is 0 Å². The van der Waals surface area contributed by atoms with Gasteiger partial charge in [-0.25, -0.2) is 0 Å². The van der Waals surface area contributed by atoms with E-state index in [1.807, 2.05) is 24.3 Å². The molecule has 132 valence electrons. The molecule has 1 fully saturated rings. The highest BCUT2D eigenvalue weighted by molar-refractivity contribution is 7.80. The van der Waals surface area contributed by atoms with Crippen molar-refractivity contribution in [3.63, 3.8) is 0 Å². The highest BCUT2D eigenvalue weighted by atomic mass is 32.1. The van der Waals surface area contributed by atoms with Crippen molar-refractivity contribution in [2.45, 2.75) is 39.6 Å². The van der Waals surface area contributed by atoms with Crippen LogP contribution in [-0.2, 0) is 11.3 Å². The first-order valence-electron chi connectivity index (χ1n) is 8.75. The number of hydrogen-bond donors (Lipinski definition) is 0. The number of thiocarbonyl (C=S) groups is 1. The number of ether oxygens (including phenoxy) is 2. The van der Waals surface area contributed by atoms with E-state index in [-0.39, 0.29) is 12.2 Å². The molecule has 0 aliphatic carbocycles. The molecule has 0 amide bonds. The van der Waals surface area contributed by atoms with Crippen LogP contribution in [0.25, 0.3) is 0 Å². The number of morpholine rings is 1. The predicted octanol–water partition coefficient (Wildman–Crippen LogP) is 4.36. The summed E-state index contributed by atoms with van der Waals surface area (Å²) in [4.78, 5) is 3.06. The molecule has 0 aromatic heterocycles. The van der Waals surface area contributed by atoms with Crippen LogP contribution in [0, 0.1) is 6.92 Å². The summed E-state index contributed by atoms with van der Waals surface area (Å²) >= 11 is 5.77. The Morgan fingerprint density at radius 2 is 1.72 bits per heavy atom. The second-order valence-corrected chi connectivity index (χ2v) is 7.12. The lowest BCUT2D eigenvalue weighted by Crippen LogP contribution is -2.47. The summed E-state index contributed by atoms with van der Waals surface area (Å²) in [7, 11) is 0. The number of rotatable bonds is 4. The minimum Gasteiger partial charge on any atom is -0.488 e. The first-order valence-corrected chi connectivity index (χ1v) is 9.16. The molecule has 3 rings (SSSR count). The molecule has 1 aliphatic heterocycles. The van der Waals surface area contributed by atoms with Crippen LogP contribution in [0.3, 0.4) is 0 Å². The molecule has 25 heavy (non-hydrogen) atoms. The molecular formula is C21H25NO2S. The van der Waals surface area contributed by atoms with Gasteiger partial charge in [0.25, 0.3) is 0 Å². The lowest BCUT2D eigenvalue weighted by molar-refractivity contribution is -0.0472. The Morgan fingerprint density at radius 1 is 1.08 bits per heavy atom. The van der Waals surface area contributed by atoms with E-state index < -0.39 is 0 Å². The second kappa shape index (κ2) is 7.98. The zero-order chi connectivity index (χ0) is 17.8. The molecule has 0 unspecified atom stereocenters. The van der Waals surface area contributed by atoms with Crippen molar-refractivity contribution in [2.75, 3.05) is 13.1 Å². The molecule has 4 heteroatoms. The number of hydrogen-bond acceptors (Lipinski definition) is 3. The summed E-state index contributed by atoms with van der Waals surface area (Å²) in [5.74, 6) is 0.833. The van der Waals surface area contributed by atoms with Crippen LogP contribution in [0.1, 0.15) is 30.5 Å². The maximum absolute atomic E-state index is 6.08. The van der Waals surface area contributed by atoms with Gasteiger partial charge >= 0.3 is 0 Å². The monoisotopic (exact) mass is 355 g/mol. The van der Waals surface area contributed by atoms with Crippen LogP contribution in [0.4, 0.5) is 0 Å². The molecule has 0 spiro atoms. The van der Waals surface area contributed by atoms with E-state index in [1.165, 1.54) is 5.56 Å². The van der Waals surface area contributed by atoms with Crippen molar-refractivity contribution >= 4 is 17.2 Å². The van der Waals surface area contributed by atoms with Crippen molar-refractivity contribution in [1.29, 1.82) is 0 Å². The van der Waals surface area contributed by atoms with Crippen molar-refractivity contribution in [2.24, 2.45) is 0 Å². The van der Waals surface area contributed by atoms with Gasteiger partial charge in [-0.1, -0.05) is 54.2 Å². The van der Waals surface area contributed by atoms with Crippen molar-refractivity contribution in [3.05, 3.63) is 65.2 Å². The molecule has 0 N–H and O–H groups in total. The van der Waals surface area contributed by atoms with Gasteiger partial charge in [0.05, 0.1) is 17.8 Å². The van der Waals surface area contributed by atoms with E-state index in [0.717, 1.165) is 35.0 Å². The third kappa shape index (κ3) is 4.59. The lowest BCUT2D eigenvalue weighted by atomic mass is 10.1. The summed E-state index contributed by atoms with van der Waals surface area (Å²) in [5, 5.41) is 0. The average Bonchev–Trinajstić information content (AvgIpc) is 2.60. The second-order valence-electron chi connectivity index (χ2n) is 6.74. The van der Waals surface area contributed by atoms with Gasteiger partial charge in [-0.05, 0) is 38.5 Å². The van der Waals surface area contributed by atoms with Crippen LogP contribution in [0.5, 0.6) is 5.75 Å². The van der Waals surface area contributed by atoms with Crippen LogP contribution in [0.15, 0.2) is 48.5 Å². The van der Waals surface area contributed by atoms with E-state index in [4.69, 9.17) is 21.7 Å². The Morgan fingerprint density at radius 3 is 2.40 bits per heavy atom. The summed E-state index contributed by atoms with van der Waals surface area (Å²) in [6, 6.07) is 16.4. The number of aryl methyl sites for hydroxylation is 1. The number of nitrogens with zero attached hydrogens (tertiary/aromatic N) is 1. The van der Waals surface area contributed by atoms with Crippen molar-refractivity contribution in [3.8, 4) is 5.75 Å². The van der Waals surface area contributed by atoms with Gasteiger partial charge in [0, 0.05) is 13.1 Å². The van der Waals surface area contributed by atoms with Crippen LogP contribution < -0.4 is 4.74 Å². The molecular weight excluding hydrogens is 330 g/mol. The number of benzene rings is 2. The third-order valence-electron chi connectivity index (χ3n) is 4.34. The smallest absolute Gasteiger partial charge is 0.130 e. The minimum absolute atomic E-state index is 0.183. The zero-order valence-corrected chi connectivity index (χ0v) is 15.9. The Balaban J connectivity index is 1.73. The van der Waals surface area contributed by atoms with Crippen molar-refractivity contribution in [1.82, 2.24) is 4.90 Å². The lowest BCUT2D eigenvalue weighted by Gasteiger charge is -2.37. The summed E-state index contributed by atoms with van der Waals surface area (Å²) in [6.07, 6.45) is 0.365. The molecule has 2 aromatic rings. The highest BCUT2D eigenvalue weighted by Crippen LogP contribution is 2.24. The van der Waals surface area contributed by atoms with Gasteiger partial charge in [-0.2, -0.15) is 0 Å². The van der Waals surface area contributed by atoms with E-state index in [2.05, 4.69) is 49.9 Å². The zero-order valence-electron chi connectivity index (χ0n) is 15.1. The SMILES string of the molecule is Cc1ccc(COc2ccccc2C(=S)N2C[C@@H](C)O[C@@H](C)C2)cc1. The maximum atomic E-state index is 6.08. The first kappa shape index (κ1) is 17.9. The normalized spacial score (nSPS) is 20.4. The van der Waals surface area contributed by atoms with E-state index in [1.54, 1.807) is 0 Å². The maximum Gasteiger partial charge on any atom is 0.130 e. The van der Waals surface area contributed by atoms with Gasteiger partial charge < -0.3 is 14.4 Å². The standard InChI is InChI=1S/C21H25NO2S/c1-15-8-10-18(11-9-15)14-23-20-7-5-4-6-19(20)21(25)22-12-16(2)24-17(3)13-22/h4-11,16-17H,12-14H2,1-3H3/t16-,17+. The van der Waals surface area contributed by atoms with Gasteiger partial charge in [0.15, 0.2) is 0 Å². The largest absolute Gasteiger partial charge is 0.488 e. The molecule has 2 aromatic carbocycles. The third-order valence-corrected chi connectivity index (χ3v) is 4.82. The molecule has 0 saturated carbocycles. The van der Waals surface area contributed by atoms with Gasteiger partial charge in [0.2, 0.25) is 0 Å². The fourth-order valence-corrected chi connectivity index (χ4v) is 3.45. The highest BCUT2D eigenvalue weighted by Gasteiger charge is 2.25. The summed E-state index contributed by atoms with van der Waals surface area (Å²) in [6.45, 7) is 8.43. The average molecular weight is 356 g/mol. The molecule has 1 saturated heterocycles. The molecule has 2 atom stereocenters. The fourth-order valence-electron chi connectivity index (χ4n) is 3.13. The Kier molecular flexibility index (Phi) is 5.71. The minimum atomic E-state index is 0.183. The van der Waals surface area contributed by atoms with Crippen LogP contribution in [-0.4, -0.2) is 35.2 Å². The number of para-hydroxylation sites is 1. The molecule has 1 heterocycles. The Labute approximate surface area is 155 Å².